The van der Waals surface area contributed by atoms with E-state index >= 15 is 0 Å². The molecule has 0 amide bonds. The second-order valence-electron chi connectivity index (χ2n) is 7.48. The summed E-state index contributed by atoms with van der Waals surface area (Å²) in [6.45, 7) is 6.71. The summed E-state index contributed by atoms with van der Waals surface area (Å²) in [5.41, 5.74) is 1.24. The van der Waals surface area contributed by atoms with Crippen molar-refractivity contribution in [3.63, 3.8) is 0 Å². The number of ether oxygens (including phenoxy) is 1. The van der Waals surface area contributed by atoms with Crippen LogP contribution in [0.5, 0.6) is 5.75 Å². The predicted molar refractivity (Wildman–Crippen MR) is 124 cm³/mol. The Morgan fingerprint density at radius 1 is 1.47 bits per heavy atom. The third kappa shape index (κ3) is 4.79. The van der Waals surface area contributed by atoms with Gasteiger partial charge in [0, 0.05) is 19.6 Å². The number of methoxy groups -OCH3 is 1. The number of allylic oxidation sites excluding steroid dienone is 5. The quantitative estimate of drug-likeness (QED) is 0.487. The molecule has 7 nitrogen and oxygen atoms in total. The molecule has 2 heterocycles. The molecule has 2 N–H and O–H groups in total. The van der Waals surface area contributed by atoms with Gasteiger partial charge in [0.1, 0.15) is 17.6 Å². The molecule has 3 rings (SSSR count). The number of hydrogen-bond donors (Lipinski definition) is 2. The van der Waals surface area contributed by atoms with Crippen molar-refractivity contribution in [1.82, 2.24) is 14.9 Å². The van der Waals surface area contributed by atoms with E-state index in [2.05, 4.69) is 22.2 Å². The van der Waals surface area contributed by atoms with Crippen molar-refractivity contribution in [1.29, 1.82) is 5.26 Å². The molecule has 166 valence electrons. The summed E-state index contributed by atoms with van der Waals surface area (Å²) in [4.78, 5) is 18.0. The summed E-state index contributed by atoms with van der Waals surface area (Å²) in [5, 5.41) is 15.6. The van der Waals surface area contributed by atoms with Crippen molar-refractivity contribution in [2.45, 2.75) is 19.4 Å². The first-order valence-electron chi connectivity index (χ1n) is 10.2. The maximum absolute atomic E-state index is 14.6. The normalized spacial score (nSPS) is 16.5. The first-order chi connectivity index (χ1) is 15.4. The molecule has 1 aromatic carbocycles. The summed E-state index contributed by atoms with van der Waals surface area (Å²) in [7, 11) is 3.21. The second-order valence-corrected chi connectivity index (χ2v) is 7.48. The molecule has 32 heavy (non-hydrogen) atoms. The number of halogens is 1. The molecule has 1 aliphatic rings. The van der Waals surface area contributed by atoms with E-state index in [9.17, 15) is 9.18 Å². The lowest BCUT2D eigenvalue weighted by molar-refractivity contribution is 0.386. The molecule has 1 unspecified atom stereocenters. The zero-order valence-electron chi connectivity index (χ0n) is 18.4. The molecule has 0 radical (unpaired) electrons. The van der Waals surface area contributed by atoms with E-state index in [-0.39, 0.29) is 11.1 Å². The highest BCUT2D eigenvalue weighted by Crippen LogP contribution is 2.28. The van der Waals surface area contributed by atoms with Crippen molar-refractivity contribution >= 4 is 11.5 Å². The van der Waals surface area contributed by atoms with E-state index in [1.807, 2.05) is 0 Å². The number of aromatic nitrogens is 2. The molecule has 0 spiro atoms. The third-order valence-electron chi connectivity index (χ3n) is 5.40. The van der Waals surface area contributed by atoms with Gasteiger partial charge in [-0.1, -0.05) is 18.7 Å². The Morgan fingerprint density at radius 3 is 2.69 bits per heavy atom. The Hall–Kier alpha value is -3.70. The van der Waals surface area contributed by atoms with Gasteiger partial charge < -0.3 is 15.4 Å². The highest BCUT2D eigenvalue weighted by atomic mass is 19.1. The summed E-state index contributed by atoms with van der Waals surface area (Å²) in [6, 6.07) is 9.10. The van der Waals surface area contributed by atoms with Gasteiger partial charge >= 0.3 is 0 Å². The zero-order valence-corrected chi connectivity index (χ0v) is 18.4. The number of rotatable bonds is 8. The molecule has 1 atom stereocenters. The first kappa shape index (κ1) is 23.0. The van der Waals surface area contributed by atoms with E-state index in [0.29, 0.717) is 46.7 Å². The number of benzene rings is 1. The monoisotopic (exact) mass is 435 g/mol. The molecular weight excluding hydrogens is 409 g/mol. The van der Waals surface area contributed by atoms with Crippen LogP contribution in [-0.4, -0.2) is 35.8 Å². The van der Waals surface area contributed by atoms with Gasteiger partial charge in [-0.05, 0) is 55.3 Å². The molecule has 1 aliphatic heterocycles. The topological polar surface area (TPSA) is 92.0 Å². The van der Waals surface area contributed by atoms with Crippen LogP contribution in [0.4, 0.5) is 10.3 Å². The number of nitrogens with zero attached hydrogens (tertiary/aromatic N) is 3. The van der Waals surface area contributed by atoms with Gasteiger partial charge in [0.05, 0.1) is 23.9 Å². The van der Waals surface area contributed by atoms with Crippen LogP contribution in [0.2, 0.25) is 0 Å². The standard InChI is InChI=1S/C24H26FN5O2/c1-5-16(13-26)20(25)12-15(2)22-21(17-6-8-19(32-4)9-7-17)23(31)30(3)24(29-22)28-14-18-10-11-27-18/h5-9,12,18,27H,1,10-11,14H2,2-4H3,(H,28,29)/b15-12+,20-16-. The fourth-order valence-electron chi connectivity index (χ4n) is 3.33. The maximum Gasteiger partial charge on any atom is 0.263 e. The highest BCUT2D eigenvalue weighted by Gasteiger charge is 2.20. The minimum absolute atomic E-state index is 0.186. The van der Waals surface area contributed by atoms with Crippen LogP contribution < -0.4 is 20.9 Å². The Morgan fingerprint density at radius 2 is 2.16 bits per heavy atom. The fraction of sp³-hybridized carbons (Fsp3) is 0.292. The predicted octanol–water partition coefficient (Wildman–Crippen LogP) is 3.57. The average Bonchev–Trinajstić information content (AvgIpc) is 2.76. The second kappa shape index (κ2) is 10.1. The van der Waals surface area contributed by atoms with Gasteiger partial charge in [-0.3, -0.25) is 9.36 Å². The van der Waals surface area contributed by atoms with Gasteiger partial charge in [0.2, 0.25) is 5.95 Å². The molecule has 1 fully saturated rings. The van der Waals surface area contributed by atoms with Crippen LogP contribution in [0.1, 0.15) is 19.0 Å². The Kier molecular flexibility index (Phi) is 7.23. The van der Waals surface area contributed by atoms with Crippen LogP contribution >= 0.6 is 0 Å². The number of nitrogens with one attached hydrogen (secondary N) is 2. The van der Waals surface area contributed by atoms with Crippen molar-refractivity contribution in [3.8, 4) is 22.9 Å². The van der Waals surface area contributed by atoms with E-state index in [1.54, 1.807) is 51.4 Å². The lowest BCUT2D eigenvalue weighted by Gasteiger charge is -2.28. The summed E-state index contributed by atoms with van der Waals surface area (Å²) < 4.78 is 21.2. The number of nitriles is 1. The first-order valence-corrected chi connectivity index (χ1v) is 10.2. The van der Waals surface area contributed by atoms with Crippen LogP contribution in [0.15, 0.2) is 59.2 Å². The van der Waals surface area contributed by atoms with Crippen LogP contribution in [0, 0.1) is 11.3 Å². The maximum atomic E-state index is 14.6. The minimum atomic E-state index is -0.740. The fourth-order valence-corrected chi connectivity index (χ4v) is 3.33. The van der Waals surface area contributed by atoms with Gasteiger partial charge in [0.25, 0.3) is 5.56 Å². The molecule has 0 saturated carbocycles. The van der Waals surface area contributed by atoms with Crippen LogP contribution in [0.25, 0.3) is 16.7 Å². The van der Waals surface area contributed by atoms with E-state index < -0.39 is 5.83 Å². The van der Waals surface area contributed by atoms with Crippen molar-refractivity contribution in [2.24, 2.45) is 7.05 Å². The molecular formula is C24H26FN5O2. The number of anilines is 1. The smallest absolute Gasteiger partial charge is 0.263 e. The average molecular weight is 436 g/mol. The van der Waals surface area contributed by atoms with Crippen molar-refractivity contribution in [2.75, 3.05) is 25.5 Å². The molecule has 0 bridgehead atoms. The van der Waals surface area contributed by atoms with E-state index in [0.717, 1.165) is 19.0 Å². The van der Waals surface area contributed by atoms with Gasteiger partial charge in [-0.2, -0.15) is 5.26 Å². The molecule has 0 aliphatic carbocycles. The largest absolute Gasteiger partial charge is 0.497 e. The van der Waals surface area contributed by atoms with Gasteiger partial charge in [-0.25, -0.2) is 9.37 Å². The van der Waals surface area contributed by atoms with Crippen LogP contribution in [0.3, 0.4) is 0 Å². The summed E-state index contributed by atoms with van der Waals surface area (Å²) >= 11 is 0. The SMILES string of the molecule is C=C/C(C#N)=C(F)\C=C(/C)c1nc(NCC2CCN2)n(C)c(=O)c1-c1ccc(OC)cc1. The minimum Gasteiger partial charge on any atom is -0.497 e. The highest BCUT2D eigenvalue weighted by molar-refractivity contribution is 5.79. The van der Waals surface area contributed by atoms with E-state index in [4.69, 9.17) is 10.00 Å². The van der Waals surface area contributed by atoms with E-state index in [1.165, 1.54) is 10.6 Å². The lowest BCUT2D eigenvalue weighted by Crippen LogP contribution is -2.47. The molecule has 8 heteroatoms. The Balaban J connectivity index is 2.16. The molecule has 2 aromatic rings. The third-order valence-corrected chi connectivity index (χ3v) is 5.40. The molecule has 1 aromatic heterocycles. The van der Waals surface area contributed by atoms with Gasteiger partial charge in [0.15, 0.2) is 0 Å². The van der Waals surface area contributed by atoms with Crippen LogP contribution in [-0.2, 0) is 7.05 Å². The Bertz CT molecular complexity index is 1170. The summed E-state index contributed by atoms with van der Waals surface area (Å²) in [6.07, 6.45) is 3.40. The lowest BCUT2D eigenvalue weighted by atomic mass is 10.00. The zero-order chi connectivity index (χ0) is 23.3. The van der Waals surface area contributed by atoms with Crippen molar-refractivity contribution in [3.05, 3.63) is 70.4 Å². The summed E-state index contributed by atoms with van der Waals surface area (Å²) in [5.74, 6) is 0.297. The van der Waals surface area contributed by atoms with Crippen molar-refractivity contribution < 1.29 is 9.13 Å². The number of hydrogen-bond acceptors (Lipinski definition) is 6. The molecule has 1 saturated heterocycles. The van der Waals surface area contributed by atoms with Gasteiger partial charge in [-0.15, -0.1) is 0 Å². The Labute approximate surface area is 186 Å².